The first-order valence-electron chi connectivity index (χ1n) is 7.88. The zero-order valence-corrected chi connectivity index (χ0v) is 12.0. The summed E-state index contributed by atoms with van der Waals surface area (Å²) in [6.07, 6.45) is 6.36. The van der Waals surface area contributed by atoms with Crippen LogP contribution in [0.25, 0.3) is 17.1 Å². The van der Waals surface area contributed by atoms with Gasteiger partial charge in [0, 0.05) is 29.7 Å². The molecule has 1 aromatic heterocycles. The highest BCUT2D eigenvalue weighted by molar-refractivity contribution is 5.88. The lowest BCUT2D eigenvalue weighted by Crippen LogP contribution is -2.45. The van der Waals surface area contributed by atoms with E-state index in [1.807, 2.05) is 0 Å². The summed E-state index contributed by atoms with van der Waals surface area (Å²) >= 11 is 0. The molecule has 0 bridgehead atoms. The average molecular weight is 264 g/mol. The Hall–Kier alpha value is -1.54. The lowest BCUT2D eigenvalue weighted by atomic mass is 9.77. The molecule has 2 nitrogen and oxygen atoms in total. The van der Waals surface area contributed by atoms with Crippen molar-refractivity contribution in [1.29, 1.82) is 0 Å². The number of nitrogens with zero attached hydrogens (tertiary/aromatic N) is 2. The summed E-state index contributed by atoms with van der Waals surface area (Å²) < 4.78 is 2.50. The summed E-state index contributed by atoms with van der Waals surface area (Å²) in [5, 5.41) is 1.48. The second-order valence-corrected chi connectivity index (χ2v) is 6.60. The van der Waals surface area contributed by atoms with Crippen LogP contribution in [0.15, 0.2) is 29.8 Å². The monoisotopic (exact) mass is 264 g/mol. The molecule has 20 heavy (non-hydrogen) atoms. The molecule has 0 aliphatic carbocycles. The molecular formula is C18H20N2. The minimum Gasteiger partial charge on any atom is -0.318 e. The predicted molar refractivity (Wildman–Crippen MR) is 82.6 cm³/mol. The molecule has 0 spiro atoms. The number of benzene rings is 1. The summed E-state index contributed by atoms with van der Waals surface area (Å²) in [4.78, 5) is 2.74. The Balaban J connectivity index is 1.88. The summed E-state index contributed by atoms with van der Waals surface area (Å²) in [5.74, 6) is 0.750. The van der Waals surface area contributed by atoms with Crippen molar-refractivity contribution in [1.82, 2.24) is 9.47 Å². The third kappa shape index (κ3) is 1.23. The second kappa shape index (κ2) is 3.76. The van der Waals surface area contributed by atoms with Gasteiger partial charge in [0.05, 0.1) is 11.6 Å². The Morgan fingerprint density at radius 1 is 1.15 bits per heavy atom. The normalized spacial score (nSPS) is 28.4. The SMILES string of the molecule is CC1=Cn2c3c(c4ccccc42)CCN2CCC[C@H]1[C@H]32. The molecule has 1 fully saturated rings. The van der Waals surface area contributed by atoms with Crippen LogP contribution in [0, 0.1) is 5.92 Å². The van der Waals surface area contributed by atoms with Crippen molar-refractivity contribution in [3.8, 4) is 0 Å². The second-order valence-electron chi connectivity index (χ2n) is 6.60. The topological polar surface area (TPSA) is 8.17 Å². The molecule has 0 saturated carbocycles. The van der Waals surface area contributed by atoms with Crippen molar-refractivity contribution in [2.45, 2.75) is 32.2 Å². The maximum atomic E-state index is 2.74. The highest BCUT2D eigenvalue weighted by Gasteiger charge is 2.42. The maximum absolute atomic E-state index is 2.74. The number of para-hydroxylation sites is 1. The number of rotatable bonds is 0. The molecule has 1 aromatic carbocycles. The van der Waals surface area contributed by atoms with Gasteiger partial charge in [-0.1, -0.05) is 23.8 Å². The van der Waals surface area contributed by atoms with Gasteiger partial charge in [0.2, 0.25) is 0 Å². The minimum absolute atomic E-state index is 0.643. The fourth-order valence-electron chi connectivity index (χ4n) is 4.79. The molecule has 0 amide bonds. The van der Waals surface area contributed by atoms with Gasteiger partial charge in [-0.2, -0.15) is 0 Å². The molecule has 0 radical (unpaired) electrons. The van der Waals surface area contributed by atoms with Gasteiger partial charge in [-0.25, -0.2) is 0 Å². The molecular weight excluding hydrogens is 244 g/mol. The van der Waals surface area contributed by atoms with Gasteiger partial charge in [0.25, 0.3) is 0 Å². The van der Waals surface area contributed by atoms with Crippen LogP contribution in [-0.4, -0.2) is 22.6 Å². The minimum atomic E-state index is 0.643. The fraction of sp³-hybridized carbons (Fsp3) is 0.444. The molecule has 2 atom stereocenters. The van der Waals surface area contributed by atoms with E-state index in [2.05, 4.69) is 46.9 Å². The first-order valence-corrected chi connectivity index (χ1v) is 7.88. The van der Waals surface area contributed by atoms with Gasteiger partial charge < -0.3 is 4.57 Å². The van der Waals surface area contributed by atoms with E-state index in [1.54, 1.807) is 16.8 Å². The van der Waals surface area contributed by atoms with Gasteiger partial charge in [-0.15, -0.1) is 0 Å². The van der Waals surface area contributed by atoms with E-state index in [0.29, 0.717) is 6.04 Å². The molecule has 0 N–H and O–H groups in total. The summed E-state index contributed by atoms with van der Waals surface area (Å²) in [6.45, 7) is 4.87. The number of fused-ring (bicyclic) bond motifs is 3. The molecule has 2 heteroatoms. The van der Waals surface area contributed by atoms with Crippen molar-refractivity contribution >= 4 is 17.1 Å². The summed E-state index contributed by atoms with van der Waals surface area (Å²) in [5.41, 5.74) is 6.20. The van der Waals surface area contributed by atoms with Gasteiger partial charge >= 0.3 is 0 Å². The quantitative estimate of drug-likeness (QED) is 0.702. The van der Waals surface area contributed by atoms with Crippen LogP contribution in [-0.2, 0) is 6.42 Å². The van der Waals surface area contributed by atoms with Crippen LogP contribution in [0.4, 0.5) is 0 Å². The molecule has 4 heterocycles. The summed E-state index contributed by atoms with van der Waals surface area (Å²) in [6, 6.07) is 9.60. The van der Waals surface area contributed by atoms with Gasteiger partial charge in [0.15, 0.2) is 0 Å². The Morgan fingerprint density at radius 2 is 2.05 bits per heavy atom. The van der Waals surface area contributed by atoms with E-state index < -0.39 is 0 Å². The van der Waals surface area contributed by atoms with Crippen LogP contribution < -0.4 is 0 Å². The van der Waals surface area contributed by atoms with Crippen molar-refractivity contribution in [3.63, 3.8) is 0 Å². The van der Waals surface area contributed by atoms with E-state index >= 15 is 0 Å². The molecule has 5 rings (SSSR count). The highest BCUT2D eigenvalue weighted by Crippen LogP contribution is 2.49. The van der Waals surface area contributed by atoms with Crippen LogP contribution >= 0.6 is 0 Å². The third-order valence-corrected chi connectivity index (χ3v) is 5.64. The molecule has 0 unspecified atom stereocenters. The largest absolute Gasteiger partial charge is 0.318 e. The van der Waals surface area contributed by atoms with Crippen LogP contribution in [0.1, 0.15) is 37.1 Å². The standard InChI is InChI=1S/C18H20N2/c1-12-11-20-16-7-3-2-5-14(16)15-8-10-19-9-4-6-13(12)17(19)18(15)20/h2-3,5,7,11,13,17H,4,6,8-10H2,1H3/t13-,17-/m1/s1. The van der Waals surface area contributed by atoms with Crippen molar-refractivity contribution in [2.75, 3.05) is 13.1 Å². The average Bonchev–Trinajstić information content (AvgIpc) is 2.82. The van der Waals surface area contributed by atoms with Gasteiger partial charge in [0.1, 0.15) is 0 Å². The van der Waals surface area contributed by atoms with E-state index in [9.17, 15) is 0 Å². The molecule has 2 aromatic rings. The first-order chi connectivity index (χ1) is 9.84. The number of hydrogen-bond acceptors (Lipinski definition) is 1. The predicted octanol–water partition coefficient (Wildman–Crippen LogP) is 3.82. The smallest absolute Gasteiger partial charge is 0.0573 e. The Morgan fingerprint density at radius 3 is 3.00 bits per heavy atom. The summed E-state index contributed by atoms with van der Waals surface area (Å²) in [7, 11) is 0. The van der Waals surface area contributed by atoms with E-state index in [0.717, 1.165) is 5.92 Å². The molecule has 1 saturated heterocycles. The van der Waals surface area contributed by atoms with Crippen molar-refractivity contribution in [3.05, 3.63) is 41.1 Å². The highest BCUT2D eigenvalue weighted by atomic mass is 15.2. The fourth-order valence-corrected chi connectivity index (χ4v) is 4.79. The van der Waals surface area contributed by atoms with E-state index in [-0.39, 0.29) is 0 Å². The van der Waals surface area contributed by atoms with Crippen LogP contribution in [0.5, 0.6) is 0 Å². The lowest BCUT2D eigenvalue weighted by molar-refractivity contribution is 0.0929. The Kier molecular flexibility index (Phi) is 2.10. The van der Waals surface area contributed by atoms with Crippen molar-refractivity contribution < 1.29 is 0 Å². The lowest BCUT2D eigenvalue weighted by Gasteiger charge is -2.47. The van der Waals surface area contributed by atoms with Gasteiger partial charge in [-0.05, 0) is 44.4 Å². The maximum Gasteiger partial charge on any atom is 0.0573 e. The number of piperidine rings is 1. The zero-order chi connectivity index (χ0) is 13.3. The number of hydrogen-bond donors (Lipinski definition) is 0. The van der Waals surface area contributed by atoms with E-state index in [1.165, 1.54) is 43.3 Å². The van der Waals surface area contributed by atoms with E-state index in [4.69, 9.17) is 0 Å². The van der Waals surface area contributed by atoms with Crippen molar-refractivity contribution in [2.24, 2.45) is 5.92 Å². The van der Waals surface area contributed by atoms with Gasteiger partial charge in [-0.3, -0.25) is 4.90 Å². The third-order valence-electron chi connectivity index (χ3n) is 5.64. The number of aromatic nitrogens is 1. The molecule has 3 aliphatic rings. The van der Waals surface area contributed by atoms with Crippen LogP contribution in [0.3, 0.4) is 0 Å². The Bertz CT molecular complexity index is 737. The molecule has 3 aliphatic heterocycles. The first kappa shape index (κ1) is 11.2. The van der Waals surface area contributed by atoms with Crippen LogP contribution in [0.2, 0.25) is 0 Å². The zero-order valence-electron chi connectivity index (χ0n) is 12.0. The Labute approximate surface area is 119 Å². The molecule has 102 valence electrons.